The number of benzene rings is 1. The number of anilines is 2. The summed E-state index contributed by atoms with van der Waals surface area (Å²) in [5, 5.41) is 8.09. The summed E-state index contributed by atoms with van der Waals surface area (Å²) in [6.45, 7) is 3.84. The summed E-state index contributed by atoms with van der Waals surface area (Å²) in [7, 11) is 0. The lowest BCUT2D eigenvalue weighted by molar-refractivity contribution is 0.111. The Morgan fingerprint density at radius 2 is 1.96 bits per heavy atom. The Hall–Kier alpha value is -2.73. The monoisotopic (exact) mass is 327 g/mol. The first-order chi connectivity index (χ1) is 11.1. The van der Waals surface area contributed by atoms with Crippen LogP contribution in [0.5, 0.6) is 0 Å². The van der Waals surface area contributed by atoms with Gasteiger partial charge in [0.2, 0.25) is 0 Å². The Bertz CT molecular complexity index is 857. The van der Waals surface area contributed by atoms with Gasteiger partial charge in [-0.25, -0.2) is 14.6 Å². The third-order valence-electron chi connectivity index (χ3n) is 3.23. The normalized spacial score (nSPS) is 10.6. The van der Waals surface area contributed by atoms with Crippen LogP contribution in [0.4, 0.5) is 11.5 Å². The molecule has 23 heavy (non-hydrogen) atoms. The van der Waals surface area contributed by atoms with Crippen molar-refractivity contribution in [2.24, 2.45) is 0 Å². The van der Waals surface area contributed by atoms with Gasteiger partial charge >= 0.3 is 0 Å². The third kappa shape index (κ3) is 3.22. The molecule has 2 aromatic heterocycles. The summed E-state index contributed by atoms with van der Waals surface area (Å²) in [5.74, 6) is 0.907. The van der Waals surface area contributed by atoms with Gasteiger partial charge in [-0.1, -0.05) is 11.6 Å². The largest absolute Gasteiger partial charge is 0.338 e. The number of nitrogens with one attached hydrogen (secondary N) is 1. The highest BCUT2D eigenvalue weighted by Crippen LogP contribution is 2.20. The van der Waals surface area contributed by atoms with Crippen LogP contribution in [0, 0.1) is 13.8 Å². The lowest BCUT2D eigenvalue weighted by Crippen LogP contribution is -2.08. The van der Waals surface area contributed by atoms with E-state index in [2.05, 4.69) is 20.4 Å². The van der Waals surface area contributed by atoms with E-state index >= 15 is 0 Å². The summed E-state index contributed by atoms with van der Waals surface area (Å²) >= 11 is 5.87. The van der Waals surface area contributed by atoms with Crippen molar-refractivity contribution in [3.63, 3.8) is 0 Å². The van der Waals surface area contributed by atoms with E-state index in [1.165, 1.54) is 6.20 Å². The van der Waals surface area contributed by atoms with E-state index in [-0.39, 0.29) is 5.69 Å². The minimum absolute atomic E-state index is 0.227. The molecule has 7 heteroatoms. The van der Waals surface area contributed by atoms with Crippen LogP contribution in [0.2, 0.25) is 5.02 Å². The molecule has 2 heterocycles. The van der Waals surface area contributed by atoms with E-state index in [9.17, 15) is 4.79 Å². The molecule has 0 unspecified atom stereocenters. The standard InChI is InChI=1S/C16H14ClN5O/c1-10-7-11(2)22(21-10)15-8-18-14(9-23)16(20-15)19-13-5-3-12(17)4-6-13/h3-9H,1-2H3,(H,19,20). The van der Waals surface area contributed by atoms with E-state index in [1.807, 2.05) is 19.9 Å². The van der Waals surface area contributed by atoms with Crippen LogP contribution in [0.25, 0.3) is 5.82 Å². The molecule has 3 aromatic rings. The molecule has 0 amide bonds. The highest BCUT2D eigenvalue weighted by atomic mass is 35.5. The fourth-order valence-electron chi connectivity index (χ4n) is 2.20. The Kier molecular flexibility index (Phi) is 4.08. The fourth-order valence-corrected chi connectivity index (χ4v) is 2.33. The zero-order valence-electron chi connectivity index (χ0n) is 12.6. The van der Waals surface area contributed by atoms with E-state index in [0.717, 1.165) is 17.1 Å². The van der Waals surface area contributed by atoms with Gasteiger partial charge in [-0.05, 0) is 44.2 Å². The first-order valence-corrected chi connectivity index (χ1v) is 7.33. The number of halogens is 1. The Morgan fingerprint density at radius 1 is 1.22 bits per heavy atom. The predicted octanol–water partition coefficient (Wildman–Crippen LogP) is 3.49. The summed E-state index contributed by atoms with van der Waals surface area (Å²) in [6, 6.07) is 9.05. The maximum Gasteiger partial charge on any atom is 0.174 e. The van der Waals surface area contributed by atoms with Crippen LogP contribution in [0.15, 0.2) is 36.5 Å². The molecule has 3 rings (SSSR count). The van der Waals surface area contributed by atoms with Crippen molar-refractivity contribution in [1.82, 2.24) is 19.7 Å². The lowest BCUT2D eigenvalue weighted by Gasteiger charge is -2.10. The summed E-state index contributed by atoms with van der Waals surface area (Å²) in [4.78, 5) is 19.8. The molecule has 0 aliphatic heterocycles. The molecule has 0 atom stereocenters. The van der Waals surface area contributed by atoms with Crippen LogP contribution < -0.4 is 5.32 Å². The van der Waals surface area contributed by atoms with Gasteiger partial charge < -0.3 is 5.32 Å². The maximum absolute atomic E-state index is 11.2. The molecule has 0 aliphatic rings. The highest BCUT2D eigenvalue weighted by molar-refractivity contribution is 6.30. The van der Waals surface area contributed by atoms with Gasteiger partial charge in [0.25, 0.3) is 0 Å². The van der Waals surface area contributed by atoms with Crippen LogP contribution >= 0.6 is 11.6 Å². The highest BCUT2D eigenvalue weighted by Gasteiger charge is 2.11. The van der Waals surface area contributed by atoms with Crippen molar-refractivity contribution >= 4 is 29.4 Å². The first kappa shape index (κ1) is 15.2. The van der Waals surface area contributed by atoms with Gasteiger partial charge in [-0.15, -0.1) is 0 Å². The molecule has 0 saturated heterocycles. The number of hydrogen-bond acceptors (Lipinski definition) is 5. The van der Waals surface area contributed by atoms with Gasteiger partial charge in [0.1, 0.15) is 5.69 Å². The van der Waals surface area contributed by atoms with Gasteiger partial charge in [0.15, 0.2) is 17.9 Å². The number of carbonyl (C=O) groups is 1. The topological polar surface area (TPSA) is 72.7 Å². The van der Waals surface area contributed by atoms with E-state index in [1.54, 1.807) is 28.9 Å². The first-order valence-electron chi connectivity index (χ1n) is 6.95. The van der Waals surface area contributed by atoms with E-state index < -0.39 is 0 Å². The summed E-state index contributed by atoms with van der Waals surface area (Å²) in [5.41, 5.74) is 2.81. The molecule has 0 spiro atoms. The van der Waals surface area contributed by atoms with E-state index in [0.29, 0.717) is 22.9 Å². The molecule has 0 radical (unpaired) electrons. The molecule has 0 aliphatic carbocycles. The molecule has 0 bridgehead atoms. The maximum atomic E-state index is 11.2. The molecule has 1 N–H and O–H groups in total. The predicted molar refractivity (Wildman–Crippen MR) is 88.8 cm³/mol. The molecule has 0 fully saturated rings. The fraction of sp³-hybridized carbons (Fsp3) is 0.125. The minimum Gasteiger partial charge on any atom is -0.338 e. The van der Waals surface area contributed by atoms with Crippen LogP contribution in [0.1, 0.15) is 21.9 Å². The summed E-state index contributed by atoms with van der Waals surface area (Å²) < 4.78 is 1.68. The third-order valence-corrected chi connectivity index (χ3v) is 3.49. The van der Waals surface area contributed by atoms with Gasteiger partial charge in [0.05, 0.1) is 11.9 Å². The molecule has 6 nitrogen and oxygen atoms in total. The van der Waals surface area contributed by atoms with E-state index in [4.69, 9.17) is 11.6 Å². The average molecular weight is 328 g/mol. The minimum atomic E-state index is 0.227. The van der Waals surface area contributed by atoms with Gasteiger partial charge in [-0.3, -0.25) is 4.79 Å². The second-order valence-electron chi connectivity index (χ2n) is 5.05. The second-order valence-corrected chi connectivity index (χ2v) is 5.49. The van der Waals surface area contributed by atoms with Crippen molar-refractivity contribution in [3.05, 3.63) is 58.6 Å². The van der Waals surface area contributed by atoms with Crippen LogP contribution in [0.3, 0.4) is 0 Å². The zero-order valence-corrected chi connectivity index (χ0v) is 13.4. The van der Waals surface area contributed by atoms with Crippen molar-refractivity contribution in [2.45, 2.75) is 13.8 Å². The van der Waals surface area contributed by atoms with Gasteiger partial charge in [0, 0.05) is 16.4 Å². The van der Waals surface area contributed by atoms with Crippen molar-refractivity contribution in [1.29, 1.82) is 0 Å². The molecule has 116 valence electrons. The van der Waals surface area contributed by atoms with Crippen molar-refractivity contribution in [3.8, 4) is 5.82 Å². The number of carbonyl (C=O) groups excluding carboxylic acids is 1. The molecular weight excluding hydrogens is 314 g/mol. The van der Waals surface area contributed by atoms with Crippen molar-refractivity contribution in [2.75, 3.05) is 5.32 Å². The lowest BCUT2D eigenvalue weighted by atomic mass is 10.3. The zero-order chi connectivity index (χ0) is 16.4. The Morgan fingerprint density at radius 3 is 2.57 bits per heavy atom. The van der Waals surface area contributed by atoms with Gasteiger partial charge in [-0.2, -0.15) is 5.10 Å². The second kappa shape index (κ2) is 6.18. The number of rotatable bonds is 4. The smallest absolute Gasteiger partial charge is 0.174 e. The SMILES string of the molecule is Cc1cc(C)n(-c2cnc(C=O)c(Nc3ccc(Cl)cc3)n2)n1. The quantitative estimate of drug-likeness (QED) is 0.743. The Labute approximate surface area is 138 Å². The van der Waals surface area contributed by atoms with Crippen LogP contribution in [-0.2, 0) is 0 Å². The Balaban J connectivity index is 2.01. The molecule has 0 saturated carbocycles. The molecule has 1 aromatic carbocycles. The number of aryl methyl sites for hydroxylation is 2. The average Bonchev–Trinajstić information content (AvgIpc) is 2.88. The number of hydrogen-bond donors (Lipinski definition) is 1. The summed E-state index contributed by atoms with van der Waals surface area (Å²) in [6.07, 6.45) is 2.19. The van der Waals surface area contributed by atoms with Crippen LogP contribution in [-0.4, -0.2) is 26.0 Å². The number of aldehydes is 1. The molecular formula is C16H14ClN5O. The number of nitrogens with zero attached hydrogens (tertiary/aromatic N) is 4. The number of aromatic nitrogens is 4. The van der Waals surface area contributed by atoms with Crippen molar-refractivity contribution < 1.29 is 4.79 Å².